The molecule has 13 heteroatoms. The Balaban J connectivity index is 1.39. The fourth-order valence-corrected chi connectivity index (χ4v) is 5.46. The summed E-state index contributed by atoms with van der Waals surface area (Å²) in [6, 6.07) is 12.0. The van der Waals surface area contributed by atoms with Gasteiger partial charge < -0.3 is 24.8 Å². The molecule has 1 fully saturated rings. The Bertz CT molecular complexity index is 1250. The minimum absolute atomic E-state index is 0.159. The predicted octanol–water partition coefficient (Wildman–Crippen LogP) is 3.28. The summed E-state index contributed by atoms with van der Waals surface area (Å²) in [5.41, 5.74) is 7.11. The number of para-hydroxylation sites is 1. The van der Waals surface area contributed by atoms with Gasteiger partial charge in [-0.15, -0.1) is 0 Å². The normalized spacial score (nSPS) is 21.0. The molecule has 3 unspecified atom stereocenters. The maximum atomic E-state index is 13.6. The van der Waals surface area contributed by atoms with Gasteiger partial charge in [-0.3, -0.25) is 9.32 Å². The third-order valence-corrected chi connectivity index (χ3v) is 7.93. The van der Waals surface area contributed by atoms with Crippen LogP contribution in [-0.4, -0.2) is 57.6 Å². The van der Waals surface area contributed by atoms with Gasteiger partial charge in [0.1, 0.15) is 30.2 Å². The molecule has 0 spiro atoms. The predicted molar refractivity (Wildman–Crippen MR) is 139 cm³/mol. The molecule has 0 radical (unpaired) electrons. The summed E-state index contributed by atoms with van der Waals surface area (Å²) in [6.07, 6.45) is 1.17. The molecule has 0 bridgehead atoms. The first-order valence-corrected chi connectivity index (χ1v) is 14.2. The number of aromatic nitrogens is 3. The molecule has 206 valence electrons. The Hall–Kier alpha value is -3.02. The molecule has 4 rings (SSSR count). The number of nitrogen functional groups attached to an aromatic ring is 1. The number of esters is 1. The highest BCUT2D eigenvalue weighted by Gasteiger charge is 2.39. The zero-order chi connectivity index (χ0) is 27.1. The van der Waals surface area contributed by atoms with Crippen molar-refractivity contribution in [2.75, 3.05) is 25.5 Å². The van der Waals surface area contributed by atoms with E-state index in [2.05, 4.69) is 15.2 Å². The van der Waals surface area contributed by atoms with Gasteiger partial charge in [0.05, 0.1) is 31.1 Å². The van der Waals surface area contributed by atoms with Gasteiger partial charge in [-0.2, -0.15) is 5.10 Å². The molecule has 12 nitrogen and oxygen atoms in total. The summed E-state index contributed by atoms with van der Waals surface area (Å²) >= 11 is 0. The van der Waals surface area contributed by atoms with Crippen LogP contribution in [0.25, 0.3) is 5.52 Å². The second-order valence-corrected chi connectivity index (χ2v) is 10.8. The number of nitrogens with zero attached hydrogens (tertiary/aromatic N) is 3. The number of nitrogens with two attached hydrogens (primary N) is 1. The average Bonchev–Trinajstić information content (AvgIpc) is 3.51. The van der Waals surface area contributed by atoms with E-state index in [1.54, 1.807) is 47.0 Å². The number of ether oxygens (including phenoxy) is 2. The number of carbonyl (C=O) groups is 1. The van der Waals surface area contributed by atoms with Crippen molar-refractivity contribution in [3.63, 3.8) is 0 Å². The van der Waals surface area contributed by atoms with Gasteiger partial charge in [0.15, 0.2) is 5.82 Å². The largest absolute Gasteiger partial charge is 0.464 e. The molecule has 38 heavy (non-hydrogen) atoms. The smallest absolute Gasteiger partial charge is 0.459 e. The van der Waals surface area contributed by atoms with Crippen LogP contribution in [-0.2, 0) is 23.4 Å². The van der Waals surface area contributed by atoms with Gasteiger partial charge in [-0.05, 0) is 30.2 Å². The molecule has 3 aromatic rings. The van der Waals surface area contributed by atoms with Crippen LogP contribution in [0.3, 0.4) is 0 Å². The number of aliphatic hydroxyl groups is 1. The number of rotatable bonds is 13. The van der Waals surface area contributed by atoms with Crippen LogP contribution in [0.15, 0.2) is 48.8 Å². The first-order chi connectivity index (χ1) is 18.3. The van der Waals surface area contributed by atoms with Crippen LogP contribution in [0.2, 0.25) is 0 Å². The summed E-state index contributed by atoms with van der Waals surface area (Å²) in [5, 5.41) is 17.5. The van der Waals surface area contributed by atoms with E-state index in [-0.39, 0.29) is 25.5 Å². The number of benzene rings is 1. The molecule has 0 saturated carbocycles. The van der Waals surface area contributed by atoms with E-state index in [0.29, 0.717) is 29.4 Å². The summed E-state index contributed by atoms with van der Waals surface area (Å²) < 4.78 is 37.8. The molecule has 3 heterocycles. The number of fused-ring (bicyclic) bond motifs is 1. The van der Waals surface area contributed by atoms with Crippen molar-refractivity contribution >= 4 is 25.1 Å². The van der Waals surface area contributed by atoms with E-state index >= 15 is 0 Å². The molecular weight excluding hydrogens is 513 g/mol. The van der Waals surface area contributed by atoms with Gasteiger partial charge in [-0.25, -0.2) is 19.2 Å². The minimum Gasteiger partial charge on any atom is -0.464 e. The van der Waals surface area contributed by atoms with Gasteiger partial charge >= 0.3 is 13.7 Å². The number of hydrogen-bond acceptors (Lipinski definition) is 10. The van der Waals surface area contributed by atoms with E-state index < -0.39 is 32.0 Å². The number of hydrogen-bond donors (Lipinski definition) is 3. The molecule has 0 aliphatic carbocycles. The quantitative estimate of drug-likeness (QED) is 0.213. The van der Waals surface area contributed by atoms with Crippen LogP contribution in [0, 0.1) is 5.92 Å². The second kappa shape index (κ2) is 12.7. The van der Waals surface area contributed by atoms with Crippen molar-refractivity contribution in [1.82, 2.24) is 19.7 Å². The molecule has 1 saturated heterocycles. The molecule has 1 aliphatic rings. The average molecular weight is 548 g/mol. The van der Waals surface area contributed by atoms with Crippen molar-refractivity contribution in [2.24, 2.45) is 5.92 Å². The monoisotopic (exact) mass is 547 g/mol. The Morgan fingerprint density at radius 2 is 2.03 bits per heavy atom. The first kappa shape index (κ1) is 28.0. The highest BCUT2D eigenvalue weighted by Crippen LogP contribution is 2.45. The van der Waals surface area contributed by atoms with Gasteiger partial charge in [0.2, 0.25) is 0 Å². The molecule has 4 N–H and O–H groups in total. The summed E-state index contributed by atoms with van der Waals surface area (Å²) in [4.78, 5) is 16.3. The van der Waals surface area contributed by atoms with E-state index in [9.17, 15) is 14.5 Å². The van der Waals surface area contributed by atoms with Crippen LogP contribution in [0.4, 0.5) is 5.82 Å². The van der Waals surface area contributed by atoms with Gasteiger partial charge in [0.25, 0.3) is 0 Å². The third-order valence-electron chi connectivity index (χ3n) is 6.45. The lowest BCUT2D eigenvalue weighted by molar-refractivity contribution is -0.143. The standard InChI is InChI=1S/C25H34N5O7P/c1-3-17(4-2)14-34-23(32)13-29-38(33,37-18-8-6-5-7-9-18)35-15-19-12-22(31)24(36-19)20-10-11-21-25(26)27-16-28-30(20)21/h5-11,16-17,19,22,24,31H,3-4,12-15H2,1-2H3,(H,29,33)(H2,26,27,28)/t19?,22?,24?,38-/m0/s1. The van der Waals surface area contributed by atoms with Gasteiger partial charge in [0, 0.05) is 6.42 Å². The maximum Gasteiger partial charge on any atom is 0.459 e. The van der Waals surface area contributed by atoms with E-state index in [1.807, 2.05) is 13.8 Å². The lowest BCUT2D eigenvalue weighted by Crippen LogP contribution is -2.28. The molecule has 2 aromatic heterocycles. The summed E-state index contributed by atoms with van der Waals surface area (Å²) in [6.45, 7) is 3.83. The molecule has 1 aliphatic heterocycles. The Labute approximate surface area is 221 Å². The van der Waals surface area contributed by atoms with Crippen molar-refractivity contribution in [2.45, 2.75) is 51.4 Å². The number of nitrogens with one attached hydrogen (secondary N) is 1. The van der Waals surface area contributed by atoms with Gasteiger partial charge in [-0.1, -0.05) is 44.9 Å². The van der Waals surface area contributed by atoms with Crippen molar-refractivity contribution < 1.29 is 33.0 Å². The number of carbonyl (C=O) groups excluding carboxylic acids is 1. The van der Waals surface area contributed by atoms with Crippen LogP contribution >= 0.6 is 7.75 Å². The van der Waals surface area contributed by atoms with Crippen LogP contribution < -0.4 is 15.3 Å². The summed E-state index contributed by atoms with van der Waals surface area (Å²) in [7, 11) is -4.01. The topological polar surface area (TPSA) is 160 Å². The van der Waals surface area contributed by atoms with Crippen molar-refractivity contribution in [1.29, 1.82) is 0 Å². The fourth-order valence-electron chi connectivity index (χ4n) is 4.16. The molecule has 4 atom stereocenters. The Kier molecular flexibility index (Phi) is 9.35. The van der Waals surface area contributed by atoms with Crippen LogP contribution in [0.5, 0.6) is 5.75 Å². The summed E-state index contributed by atoms with van der Waals surface area (Å²) in [5.74, 6) is 0.312. The number of anilines is 1. The molecule has 0 amide bonds. The fraction of sp³-hybridized carbons (Fsp3) is 0.480. The Morgan fingerprint density at radius 3 is 2.76 bits per heavy atom. The molecule has 1 aromatic carbocycles. The van der Waals surface area contributed by atoms with E-state index in [4.69, 9.17) is 24.3 Å². The maximum absolute atomic E-state index is 13.6. The van der Waals surface area contributed by atoms with Crippen molar-refractivity contribution in [3.8, 4) is 5.75 Å². The number of aliphatic hydroxyl groups excluding tert-OH is 1. The lowest BCUT2D eigenvalue weighted by atomic mass is 10.1. The minimum atomic E-state index is -4.01. The first-order valence-electron chi connectivity index (χ1n) is 12.6. The zero-order valence-electron chi connectivity index (χ0n) is 21.4. The second-order valence-electron chi connectivity index (χ2n) is 9.08. The third kappa shape index (κ3) is 6.89. The highest BCUT2D eigenvalue weighted by atomic mass is 31.2. The van der Waals surface area contributed by atoms with E-state index in [0.717, 1.165) is 12.8 Å². The van der Waals surface area contributed by atoms with Crippen molar-refractivity contribution in [3.05, 3.63) is 54.5 Å². The highest BCUT2D eigenvalue weighted by molar-refractivity contribution is 7.52. The van der Waals surface area contributed by atoms with E-state index in [1.165, 1.54) is 6.33 Å². The van der Waals surface area contributed by atoms with Crippen LogP contribution in [0.1, 0.15) is 44.9 Å². The lowest BCUT2D eigenvalue weighted by Gasteiger charge is -2.22. The Morgan fingerprint density at radius 1 is 1.26 bits per heavy atom. The molecular formula is C25H34N5O7P. The SMILES string of the molecule is CCC(CC)COC(=O)CN[P@](=O)(OCC1CC(O)C(c2ccc3c(N)ncnn23)O1)Oc1ccccc1. The zero-order valence-corrected chi connectivity index (χ0v) is 22.3.